The van der Waals surface area contributed by atoms with E-state index in [0.29, 0.717) is 13.2 Å². The maximum absolute atomic E-state index is 5.77. The van der Waals surface area contributed by atoms with Crippen molar-refractivity contribution in [3.05, 3.63) is 42.5 Å². The highest BCUT2D eigenvalue weighted by Crippen LogP contribution is 2.23. The molecule has 25 heavy (non-hydrogen) atoms. The second-order valence-electron chi connectivity index (χ2n) is 5.95. The second-order valence-corrected chi connectivity index (χ2v) is 5.95. The van der Waals surface area contributed by atoms with Crippen LogP contribution in [0.15, 0.2) is 42.5 Å². The van der Waals surface area contributed by atoms with Gasteiger partial charge in [0.1, 0.15) is 5.82 Å². The smallest absolute Gasteiger partial charge is 0.185 e. The molecule has 2 aromatic heterocycles. The number of rotatable bonds is 7. The lowest BCUT2D eigenvalue weighted by Crippen LogP contribution is -2.53. The summed E-state index contributed by atoms with van der Waals surface area (Å²) in [6, 6.07) is 13.9. The number of benzene rings is 1. The molecule has 1 aromatic carbocycles. The van der Waals surface area contributed by atoms with Gasteiger partial charge < -0.3 is 14.4 Å². The van der Waals surface area contributed by atoms with Crippen molar-refractivity contribution >= 4 is 11.5 Å². The lowest BCUT2D eigenvalue weighted by Gasteiger charge is -2.39. The molecule has 0 bridgehead atoms. The Kier molecular flexibility index (Phi) is 4.58. The van der Waals surface area contributed by atoms with Gasteiger partial charge in [-0.3, -0.25) is 0 Å². The molecule has 0 amide bonds. The zero-order valence-corrected chi connectivity index (χ0v) is 14.2. The van der Waals surface area contributed by atoms with E-state index >= 15 is 0 Å². The van der Waals surface area contributed by atoms with E-state index in [0.717, 1.165) is 42.5 Å². The van der Waals surface area contributed by atoms with E-state index in [2.05, 4.69) is 15.1 Å². The van der Waals surface area contributed by atoms with Crippen molar-refractivity contribution in [2.75, 3.05) is 37.8 Å². The van der Waals surface area contributed by atoms with Crippen LogP contribution in [0.25, 0.3) is 17.0 Å². The first-order chi connectivity index (χ1) is 12.3. The monoisotopic (exact) mass is 339 g/mol. The van der Waals surface area contributed by atoms with Gasteiger partial charge in [-0.05, 0) is 19.1 Å². The summed E-state index contributed by atoms with van der Waals surface area (Å²) in [4.78, 5) is 2.19. The minimum Gasteiger partial charge on any atom is -0.379 e. The molecule has 1 saturated heterocycles. The molecule has 3 aromatic rings. The van der Waals surface area contributed by atoms with Gasteiger partial charge in [0.2, 0.25) is 0 Å². The maximum atomic E-state index is 5.77. The van der Waals surface area contributed by atoms with Crippen molar-refractivity contribution in [2.24, 2.45) is 0 Å². The Morgan fingerprint density at radius 3 is 2.68 bits per heavy atom. The molecule has 7 nitrogen and oxygen atoms in total. The molecular weight excluding hydrogens is 318 g/mol. The molecule has 0 spiro atoms. The molecular formula is C18H21N5O2. The quantitative estimate of drug-likeness (QED) is 0.614. The third-order valence-electron chi connectivity index (χ3n) is 4.24. The summed E-state index contributed by atoms with van der Waals surface area (Å²) in [7, 11) is 0. The van der Waals surface area contributed by atoms with Gasteiger partial charge >= 0.3 is 0 Å². The Hall–Kier alpha value is -2.51. The Morgan fingerprint density at radius 1 is 1.04 bits per heavy atom. The largest absolute Gasteiger partial charge is 0.379 e. The molecule has 0 radical (unpaired) electrons. The first-order valence-corrected chi connectivity index (χ1v) is 8.57. The lowest BCUT2D eigenvalue weighted by molar-refractivity contribution is -0.00446. The van der Waals surface area contributed by atoms with Crippen molar-refractivity contribution < 1.29 is 9.47 Å². The average molecular weight is 339 g/mol. The first-order valence-electron chi connectivity index (χ1n) is 8.57. The number of aromatic nitrogens is 4. The van der Waals surface area contributed by atoms with Crippen LogP contribution in [0.3, 0.4) is 0 Å². The van der Waals surface area contributed by atoms with Gasteiger partial charge in [-0.1, -0.05) is 30.3 Å². The van der Waals surface area contributed by atoms with Crippen LogP contribution < -0.4 is 4.90 Å². The van der Waals surface area contributed by atoms with Crippen LogP contribution in [0.1, 0.15) is 6.92 Å². The van der Waals surface area contributed by atoms with Crippen molar-refractivity contribution in [3.8, 4) is 11.4 Å². The normalized spacial score (nSPS) is 14.8. The fourth-order valence-electron chi connectivity index (χ4n) is 2.86. The second kappa shape index (κ2) is 7.16. The summed E-state index contributed by atoms with van der Waals surface area (Å²) >= 11 is 0. The molecule has 0 saturated carbocycles. The van der Waals surface area contributed by atoms with Crippen LogP contribution in [0, 0.1) is 0 Å². The summed E-state index contributed by atoms with van der Waals surface area (Å²) in [6.07, 6.45) is 0.243. The molecule has 3 heterocycles. The third-order valence-corrected chi connectivity index (χ3v) is 4.24. The Bertz CT molecular complexity index is 830. The van der Waals surface area contributed by atoms with Gasteiger partial charge in [-0.15, -0.1) is 15.3 Å². The zero-order chi connectivity index (χ0) is 17.1. The van der Waals surface area contributed by atoms with E-state index in [1.54, 1.807) is 4.52 Å². The highest BCUT2D eigenvalue weighted by molar-refractivity contribution is 5.59. The number of anilines is 1. The fraction of sp³-hybridized carbons (Fsp3) is 0.389. The van der Waals surface area contributed by atoms with Crippen molar-refractivity contribution in [2.45, 2.75) is 13.0 Å². The van der Waals surface area contributed by atoms with E-state index in [9.17, 15) is 0 Å². The van der Waals surface area contributed by atoms with Crippen LogP contribution in [0.5, 0.6) is 0 Å². The van der Waals surface area contributed by atoms with E-state index in [4.69, 9.17) is 14.6 Å². The molecule has 0 unspecified atom stereocenters. The number of hydrogen-bond donors (Lipinski definition) is 0. The SMILES string of the molecule is CCOCCOC1CN(c2ccc3nnc(-c4ccccc4)n3n2)C1. The fourth-order valence-corrected chi connectivity index (χ4v) is 2.86. The van der Waals surface area contributed by atoms with Gasteiger partial charge in [0.05, 0.1) is 19.3 Å². The summed E-state index contributed by atoms with van der Waals surface area (Å²) in [5.41, 5.74) is 1.74. The van der Waals surface area contributed by atoms with E-state index in [1.165, 1.54) is 0 Å². The summed E-state index contributed by atoms with van der Waals surface area (Å²) in [5.74, 6) is 1.66. The average Bonchev–Trinajstić information content (AvgIpc) is 3.04. The molecule has 0 atom stereocenters. The summed E-state index contributed by atoms with van der Waals surface area (Å²) in [5, 5.41) is 13.2. The lowest BCUT2D eigenvalue weighted by atomic mass is 10.1. The first kappa shape index (κ1) is 16.0. The van der Waals surface area contributed by atoms with Crippen LogP contribution in [0.4, 0.5) is 5.82 Å². The van der Waals surface area contributed by atoms with Gasteiger partial charge in [0, 0.05) is 25.3 Å². The molecule has 0 aliphatic carbocycles. The van der Waals surface area contributed by atoms with E-state index < -0.39 is 0 Å². The highest BCUT2D eigenvalue weighted by atomic mass is 16.5. The summed E-state index contributed by atoms with van der Waals surface area (Å²) in [6.45, 7) is 5.69. The standard InChI is InChI=1S/C18H21N5O2/c1-2-24-10-11-25-15-12-22(13-15)17-9-8-16-19-20-18(23(16)21-17)14-6-4-3-5-7-14/h3-9,15H,2,10-13H2,1H3. The Labute approximate surface area is 146 Å². The van der Waals surface area contributed by atoms with Crippen molar-refractivity contribution in [1.82, 2.24) is 19.8 Å². The number of ether oxygens (including phenoxy) is 2. The Balaban J connectivity index is 1.45. The third kappa shape index (κ3) is 3.33. The Morgan fingerprint density at radius 2 is 1.88 bits per heavy atom. The minimum absolute atomic E-state index is 0.243. The van der Waals surface area contributed by atoms with Crippen LogP contribution in [0.2, 0.25) is 0 Å². The van der Waals surface area contributed by atoms with Gasteiger partial charge in [-0.25, -0.2) is 0 Å². The van der Waals surface area contributed by atoms with Gasteiger partial charge in [0.15, 0.2) is 11.5 Å². The van der Waals surface area contributed by atoms with Crippen molar-refractivity contribution in [1.29, 1.82) is 0 Å². The van der Waals surface area contributed by atoms with Crippen LogP contribution >= 0.6 is 0 Å². The molecule has 7 heteroatoms. The van der Waals surface area contributed by atoms with Crippen LogP contribution in [-0.4, -0.2) is 58.8 Å². The number of fused-ring (bicyclic) bond motifs is 1. The predicted molar refractivity (Wildman–Crippen MR) is 94.7 cm³/mol. The molecule has 4 rings (SSSR count). The molecule has 130 valence electrons. The van der Waals surface area contributed by atoms with E-state index in [1.807, 2.05) is 49.4 Å². The van der Waals surface area contributed by atoms with E-state index in [-0.39, 0.29) is 6.10 Å². The number of nitrogens with zero attached hydrogens (tertiary/aromatic N) is 5. The molecule has 1 aliphatic rings. The maximum Gasteiger partial charge on any atom is 0.185 e. The number of hydrogen-bond acceptors (Lipinski definition) is 6. The molecule has 1 aliphatic heterocycles. The predicted octanol–water partition coefficient (Wildman–Crippen LogP) is 2.03. The zero-order valence-electron chi connectivity index (χ0n) is 14.2. The molecule has 1 fully saturated rings. The van der Waals surface area contributed by atoms with Gasteiger partial charge in [0.25, 0.3) is 0 Å². The van der Waals surface area contributed by atoms with Gasteiger partial charge in [-0.2, -0.15) is 4.52 Å². The topological polar surface area (TPSA) is 64.8 Å². The van der Waals surface area contributed by atoms with Crippen molar-refractivity contribution in [3.63, 3.8) is 0 Å². The molecule has 0 N–H and O–H groups in total. The highest BCUT2D eigenvalue weighted by Gasteiger charge is 2.29. The summed E-state index contributed by atoms with van der Waals surface area (Å²) < 4.78 is 12.9. The van der Waals surface area contributed by atoms with Crippen LogP contribution in [-0.2, 0) is 9.47 Å². The minimum atomic E-state index is 0.243.